The SMILES string of the molecule is CN1CCCN(c2ccc(C(=O)O)cn2)CC1. The van der Waals surface area contributed by atoms with Crippen molar-refractivity contribution >= 4 is 11.8 Å². The summed E-state index contributed by atoms with van der Waals surface area (Å²) in [5.74, 6) is -0.0649. The third-order valence-corrected chi connectivity index (χ3v) is 3.04. The van der Waals surface area contributed by atoms with E-state index in [1.807, 2.05) is 0 Å². The standard InChI is InChI=1S/C12H17N3O2/c1-14-5-2-6-15(8-7-14)11-4-3-10(9-13-11)12(16)17/h3-4,9H,2,5-8H2,1H3,(H,16,17). The number of carboxylic acid groups (broad SMARTS) is 1. The van der Waals surface area contributed by atoms with E-state index >= 15 is 0 Å². The summed E-state index contributed by atoms with van der Waals surface area (Å²) >= 11 is 0. The van der Waals surface area contributed by atoms with Crippen molar-refractivity contribution in [1.82, 2.24) is 9.88 Å². The van der Waals surface area contributed by atoms with Gasteiger partial charge in [-0.2, -0.15) is 0 Å². The Hall–Kier alpha value is -1.62. The van der Waals surface area contributed by atoms with Gasteiger partial charge in [0.05, 0.1) is 5.56 Å². The first-order valence-electron chi connectivity index (χ1n) is 5.79. The van der Waals surface area contributed by atoms with Crippen molar-refractivity contribution in [3.8, 4) is 0 Å². The molecule has 5 heteroatoms. The zero-order chi connectivity index (χ0) is 12.3. The molecule has 0 aliphatic carbocycles. The molecule has 0 spiro atoms. The summed E-state index contributed by atoms with van der Waals surface area (Å²) in [4.78, 5) is 19.4. The Balaban J connectivity index is 2.08. The first kappa shape index (κ1) is 11.9. The summed E-state index contributed by atoms with van der Waals surface area (Å²) in [5.41, 5.74) is 0.237. The highest BCUT2D eigenvalue weighted by atomic mass is 16.4. The fraction of sp³-hybridized carbons (Fsp3) is 0.500. The van der Waals surface area contributed by atoms with Crippen molar-refractivity contribution in [2.75, 3.05) is 38.1 Å². The molecule has 0 radical (unpaired) electrons. The smallest absolute Gasteiger partial charge is 0.337 e. The maximum Gasteiger partial charge on any atom is 0.337 e. The lowest BCUT2D eigenvalue weighted by atomic mass is 10.3. The van der Waals surface area contributed by atoms with Gasteiger partial charge in [-0.25, -0.2) is 9.78 Å². The molecule has 0 saturated carbocycles. The van der Waals surface area contributed by atoms with Crippen molar-refractivity contribution in [3.05, 3.63) is 23.9 Å². The number of rotatable bonds is 2. The number of hydrogen-bond donors (Lipinski definition) is 1. The molecule has 1 aliphatic rings. The highest BCUT2D eigenvalue weighted by molar-refractivity contribution is 5.87. The van der Waals surface area contributed by atoms with E-state index in [2.05, 4.69) is 21.8 Å². The maximum atomic E-state index is 10.7. The first-order chi connectivity index (χ1) is 8.16. The second-order valence-electron chi connectivity index (χ2n) is 4.35. The number of carboxylic acids is 1. The summed E-state index contributed by atoms with van der Waals surface area (Å²) in [5, 5.41) is 8.81. The number of likely N-dealkylation sites (N-methyl/N-ethyl adjacent to an activating group) is 1. The van der Waals surface area contributed by atoms with Gasteiger partial charge in [0.25, 0.3) is 0 Å². The molecule has 0 amide bonds. The number of pyridine rings is 1. The Labute approximate surface area is 101 Å². The van der Waals surface area contributed by atoms with Crippen LogP contribution in [0.1, 0.15) is 16.8 Å². The van der Waals surface area contributed by atoms with Gasteiger partial charge in [-0.15, -0.1) is 0 Å². The largest absolute Gasteiger partial charge is 0.478 e. The van der Waals surface area contributed by atoms with Crippen LogP contribution in [-0.4, -0.2) is 54.2 Å². The van der Waals surface area contributed by atoms with Crippen LogP contribution in [0.3, 0.4) is 0 Å². The second-order valence-corrected chi connectivity index (χ2v) is 4.35. The van der Waals surface area contributed by atoms with Gasteiger partial charge in [0.15, 0.2) is 0 Å². The zero-order valence-corrected chi connectivity index (χ0v) is 9.96. The quantitative estimate of drug-likeness (QED) is 0.826. The van der Waals surface area contributed by atoms with E-state index in [0.29, 0.717) is 0 Å². The number of nitrogens with zero attached hydrogens (tertiary/aromatic N) is 3. The first-order valence-corrected chi connectivity index (χ1v) is 5.79. The second kappa shape index (κ2) is 5.14. The molecular weight excluding hydrogens is 218 g/mol. The monoisotopic (exact) mass is 235 g/mol. The van der Waals surface area contributed by atoms with E-state index in [4.69, 9.17) is 5.11 Å². The van der Waals surface area contributed by atoms with Gasteiger partial charge in [0, 0.05) is 25.8 Å². The molecule has 0 atom stereocenters. The molecule has 17 heavy (non-hydrogen) atoms. The van der Waals surface area contributed by atoms with Crippen molar-refractivity contribution in [3.63, 3.8) is 0 Å². The fourth-order valence-corrected chi connectivity index (χ4v) is 1.98. The zero-order valence-electron chi connectivity index (χ0n) is 9.96. The lowest BCUT2D eigenvalue weighted by molar-refractivity contribution is 0.0696. The Morgan fingerprint density at radius 3 is 2.76 bits per heavy atom. The van der Waals surface area contributed by atoms with E-state index in [1.165, 1.54) is 6.20 Å². The Bertz CT molecular complexity index is 391. The Morgan fingerprint density at radius 2 is 2.12 bits per heavy atom. The van der Waals surface area contributed by atoms with Gasteiger partial charge < -0.3 is 14.9 Å². The van der Waals surface area contributed by atoms with Crippen LogP contribution in [-0.2, 0) is 0 Å². The molecule has 92 valence electrons. The molecule has 5 nitrogen and oxygen atoms in total. The topological polar surface area (TPSA) is 56.7 Å². The number of anilines is 1. The number of carbonyl (C=O) groups is 1. The van der Waals surface area contributed by atoms with Crippen LogP contribution < -0.4 is 4.90 Å². The average Bonchev–Trinajstić information content (AvgIpc) is 2.54. The highest BCUT2D eigenvalue weighted by Gasteiger charge is 2.13. The molecule has 1 aromatic heterocycles. The molecule has 0 unspecified atom stereocenters. The third-order valence-electron chi connectivity index (χ3n) is 3.04. The fourth-order valence-electron chi connectivity index (χ4n) is 1.98. The minimum atomic E-state index is -0.931. The van der Waals surface area contributed by atoms with Crippen molar-refractivity contribution in [2.24, 2.45) is 0 Å². The van der Waals surface area contributed by atoms with Gasteiger partial charge >= 0.3 is 5.97 Å². The minimum absolute atomic E-state index is 0.237. The van der Waals surface area contributed by atoms with Crippen LogP contribution in [0.2, 0.25) is 0 Å². The van der Waals surface area contributed by atoms with Crippen molar-refractivity contribution < 1.29 is 9.90 Å². The van der Waals surface area contributed by atoms with E-state index in [1.54, 1.807) is 12.1 Å². The molecule has 1 aliphatic heterocycles. The third kappa shape index (κ3) is 2.94. The maximum absolute atomic E-state index is 10.7. The number of aromatic nitrogens is 1. The number of aromatic carboxylic acids is 1. The van der Waals surface area contributed by atoms with Gasteiger partial charge in [-0.3, -0.25) is 0 Å². The molecule has 1 aromatic rings. The summed E-state index contributed by atoms with van der Waals surface area (Å²) in [6, 6.07) is 3.40. The van der Waals surface area contributed by atoms with E-state index < -0.39 is 5.97 Å². The van der Waals surface area contributed by atoms with Crippen LogP contribution in [0.15, 0.2) is 18.3 Å². The summed E-state index contributed by atoms with van der Waals surface area (Å²) in [6.07, 6.45) is 2.53. The predicted molar refractivity (Wildman–Crippen MR) is 65.5 cm³/mol. The molecule has 1 saturated heterocycles. The van der Waals surface area contributed by atoms with Gasteiger partial charge in [0.1, 0.15) is 5.82 Å². The highest BCUT2D eigenvalue weighted by Crippen LogP contribution is 2.13. The van der Waals surface area contributed by atoms with Crippen LogP contribution in [0.4, 0.5) is 5.82 Å². The predicted octanol–water partition coefficient (Wildman–Crippen LogP) is 0.922. The van der Waals surface area contributed by atoms with Crippen molar-refractivity contribution in [2.45, 2.75) is 6.42 Å². The lowest BCUT2D eigenvalue weighted by Crippen LogP contribution is -2.29. The number of hydrogen-bond acceptors (Lipinski definition) is 4. The van der Waals surface area contributed by atoms with Gasteiger partial charge in [-0.05, 0) is 32.1 Å². The van der Waals surface area contributed by atoms with Crippen LogP contribution in [0.5, 0.6) is 0 Å². The van der Waals surface area contributed by atoms with Crippen LogP contribution >= 0.6 is 0 Å². The van der Waals surface area contributed by atoms with Crippen LogP contribution in [0, 0.1) is 0 Å². The minimum Gasteiger partial charge on any atom is -0.478 e. The average molecular weight is 235 g/mol. The molecule has 0 aromatic carbocycles. The molecule has 1 N–H and O–H groups in total. The van der Waals surface area contributed by atoms with Crippen molar-refractivity contribution in [1.29, 1.82) is 0 Å². The molecule has 0 bridgehead atoms. The molecule has 1 fully saturated rings. The normalized spacial score (nSPS) is 17.8. The van der Waals surface area contributed by atoms with Gasteiger partial charge in [0.2, 0.25) is 0 Å². The molecule has 2 rings (SSSR count). The molecular formula is C12H17N3O2. The van der Waals surface area contributed by atoms with Gasteiger partial charge in [-0.1, -0.05) is 0 Å². The van der Waals surface area contributed by atoms with E-state index in [9.17, 15) is 4.79 Å². The summed E-state index contributed by atoms with van der Waals surface area (Å²) in [7, 11) is 2.12. The van der Waals surface area contributed by atoms with Crippen LogP contribution in [0.25, 0.3) is 0 Å². The molecule has 2 heterocycles. The summed E-state index contributed by atoms with van der Waals surface area (Å²) < 4.78 is 0. The summed E-state index contributed by atoms with van der Waals surface area (Å²) in [6.45, 7) is 4.03. The van der Waals surface area contributed by atoms with E-state index in [0.717, 1.165) is 38.4 Å². The Kier molecular flexibility index (Phi) is 3.58. The lowest BCUT2D eigenvalue weighted by Gasteiger charge is -2.21. The Morgan fingerprint density at radius 1 is 1.29 bits per heavy atom. The van der Waals surface area contributed by atoms with E-state index in [-0.39, 0.29) is 5.56 Å².